The zero-order valence-electron chi connectivity index (χ0n) is 8.87. The molecule has 2 rings (SSSR count). The van der Waals surface area contributed by atoms with Crippen molar-refractivity contribution in [2.24, 2.45) is 5.10 Å². The first-order chi connectivity index (χ1) is 7.43. The van der Waals surface area contributed by atoms with Gasteiger partial charge in [-0.05, 0) is 24.6 Å². The van der Waals surface area contributed by atoms with Crippen molar-refractivity contribution in [3.05, 3.63) is 35.6 Å². The van der Waals surface area contributed by atoms with Gasteiger partial charge < -0.3 is 0 Å². The molecule has 0 saturated carbocycles. The topological polar surface area (TPSA) is 32.7 Å². The monoisotopic (exact) mass is 284 g/mol. The zero-order valence-corrected chi connectivity index (χ0v) is 10.5. The number of hydrazone groups is 1. The maximum absolute atomic E-state index is 12.8. The van der Waals surface area contributed by atoms with Crippen molar-refractivity contribution in [3.8, 4) is 0 Å². The van der Waals surface area contributed by atoms with Crippen LogP contribution in [0.3, 0.4) is 0 Å². The van der Waals surface area contributed by atoms with E-state index in [1.807, 2.05) is 0 Å². The molecule has 1 aliphatic rings. The maximum atomic E-state index is 12.8. The lowest BCUT2D eigenvalue weighted by Gasteiger charge is -2.15. The number of halogens is 2. The van der Waals surface area contributed by atoms with E-state index in [9.17, 15) is 9.18 Å². The molecule has 0 spiro atoms. The van der Waals surface area contributed by atoms with E-state index in [0.29, 0.717) is 5.71 Å². The highest BCUT2D eigenvalue weighted by molar-refractivity contribution is 9.10. The van der Waals surface area contributed by atoms with Gasteiger partial charge in [-0.25, -0.2) is 9.40 Å². The fraction of sp³-hybridized carbons (Fsp3) is 0.273. The van der Waals surface area contributed by atoms with E-state index >= 15 is 0 Å². The third-order valence-corrected chi connectivity index (χ3v) is 3.22. The number of rotatable bonds is 1. The highest BCUT2D eigenvalue weighted by Gasteiger charge is 2.44. The van der Waals surface area contributed by atoms with Gasteiger partial charge in [0.15, 0.2) is 0 Å². The first-order valence-corrected chi connectivity index (χ1v) is 5.54. The summed E-state index contributed by atoms with van der Waals surface area (Å²) in [6.45, 7) is 1.74. The second-order valence-electron chi connectivity index (χ2n) is 3.79. The number of amides is 1. The first kappa shape index (κ1) is 11.3. The van der Waals surface area contributed by atoms with Gasteiger partial charge in [-0.3, -0.25) is 4.79 Å². The van der Waals surface area contributed by atoms with Crippen LogP contribution in [0.2, 0.25) is 0 Å². The smallest absolute Gasteiger partial charge is 0.265 e. The molecule has 5 heteroatoms. The molecule has 0 bridgehead atoms. The van der Waals surface area contributed by atoms with Gasteiger partial charge >= 0.3 is 0 Å². The lowest BCUT2D eigenvalue weighted by Crippen LogP contribution is -2.37. The quantitative estimate of drug-likeness (QED) is 0.728. The molecule has 1 aromatic carbocycles. The predicted octanol–water partition coefficient (Wildman–Crippen LogP) is 2.16. The van der Waals surface area contributed by atoms with E-state index in [-0.39, 0.29) is 11.7 Å². The van der Waals surface area contributed by atoms with Crippen molar-refractivity contribution in [1.82, 2.24) is 5.01 Å². The molecule has 0 radical (unpaired) electrons. The number of carbonyl (C=O) groups excluding carboxylic acids is 1. The largest absolute Gasteiger partial charge is 0.271 e. The summed E-state index contributed by atoms with van der Waals surface area (Å²) in [5, 5.41) is 5.44. The first-order valence-electron chi connectivity index (χ1n) is 4.75. The molecule has 1 unspecified atom stereocenters. The Balaban J connectivity index is 2.46. The second-order valence-corrected chi connectivity index (χ2v) is 5.37. The van der Waals surface area contributed by atoms with Crippen LogP contribution in [0.4, 0.5) is 4.39 Å². The summed E-state index contributed by atoms with van der Waals surface area (Å²) in [5.74, 6) is -0.440. The molecule has 1 aliphatic heterocycles. The van der Waals surface area contributed by atoms with Crippen LogP contribution in [-0.2, 0) is 4.79 Å². The second kappa shape index (κ2) is 3.66. The van der Waals surface area contributed by atoms with Crippen LogP contribution < -0.4 is 0 Å². The number of carbonyl (C=O) groups is 1. The highest BCUT2D eigenvalue weighted by atomic mass is 79.9. The van der Waals surface area contributed by atoms with Gasteiger partial charge in [0.05, 0.1) is 5.71 Å². The van der Waals surface area contributed by atoms with Crippen LogP contribution in [0.5, 0.6) is 0 Å². The van der Waals surface area contributed by atoms with E-state index in [2.05, 4.69) is 21.0 Å². The summed E-state index contributed by atoms with van der Waals surface area (Å²) in [4.78, 5) is 11.8. The Kier molecular flexibility index (Phi) is 2.58. The molecule has 1 amide bonds. The summed E-state index contributed by atoms with van der Waals surface area (Å²) in [5.41, 5.74) is 1.33. The van der Waals surface area contributed by atoms with Crippen molar-refractivity contribution < 1.29 is 9.18 Å². The average Bonchev–Trinajstić information content (AvgIpc) is 2.44. The van der Waals surface area contributed by atoms with E-state index < -0.39 is 4.32 Å². The maximum Gasteiger partial charge on any atom is 0.265 e. The summed E-state index contributed by atoms with van der Waals surface area (Å²) in [6, 6.07) is 5.92. The van der Waals surface area contributed by atoms with Crippen LogP contribution in [0.1, 0.15) is 12.5 Å². The molecule has 84 valence electrons. The van der Waals surface area contributed by atoms with E-state index in [1.165, 1.54) is 17.1 Å². The van der Waals surface area contributed by atoms with Gasteiger partial charge in [-0.15, -0.1) is 0 Å². The molecule has 0 saturated heterocycles. The minimum Gasteiger partial charge on any atom is -0.271 e. The minimum atomic E-state index is -0.834. The predicted molar refractivity (Wildman–Crippen MR) is 63.0 cm³/mol. The number of hydrogen-bond acceptors (Lipinski definition) is 2. The van der Waals surface area contributed by atoms with E-state index in [0.717, 1.165) is 5.56 Å². The molecule has 3 nitrogen and oxygen atoms in total. The van der Waals surface area contributed by atoms with Crippen LogP contribution >= 0.6 is 15.9 Å². The van der Waals surface area contributed by atoms with Gasteiger partial charge in [-0.2, -0.15) is 5.10 Å². The molecular formula is C11H10BrFN2O. The molecule has 1 aromatic rings. The van der Waals surface area contributed by atoms with Crippen molar-refractivity contribution >= 4 is 27.5 Å². The van der Waals surface area contributed by atoms with E-state index in [1.54, 1.807) is 26.1 Å². The van der Waals surface area contributed by atoms with Crippen molar-refractivity contribution in [3.63, 3.8) is 0 Å². The molecule has 0 aromatic heterocycles. The number of hydrogen-bond donors (Lipinski definition) is 0. The highest BCUT2D eigenvalue weighted by Crippen LogP contribution is 2.31. The molecule has 16 heavy (non-hydrogen) atoms. The fourth-order valence-corrected chi connectivity index (χ4v) is 2.20. The summed E-state index contributed by atoms with van der Waals surface area (Å²) in [6.07, 6.45) is 0. The molecular weight excluding hydrogens is 275 g/mol. The number of alkyl halides is 1. The standard InChI is InChI=1S/C11H10BrFN2O/c1-11(12)9(14-15(2)10(11)16)7-3-5-8(13)6-4-7/h3-6H,1-2H3. The zero-order chi connectivity index (χ0) is 11.9. The lowest BCUT2D eigenvalue weighted by molar-refractivity contribution is -0.128. The molecule has 0 N–H and O–H groups in total. The van der Waals surface area contributed by atoms with Crippen LogP contribution in [0, 0.1) is 5.82 Å². The molecule has 0 fully saturated rings. The summed E-state index contributed by atoms with van der Waals surface area (Å²) >= 11 is 3.35. The normalized spacial score (nSPS) is 24.9. The van der Waals surface area contributed by atoms with Gasteiger partial charge in [0.2, 0.25) is 0 Å². The Bertz CT molecular complexity index is 467. The third-order valence-electron chi connectivity index (χ3n) is 2.51. The number of benzene rings is 1. The van der Waals surface area contributed by atoms with Crippen LogP contribution in [0.25, 0.3) is 0 Å². The Hall–Kier alpha value is -1.23. The van der Waals surface area contributed by atoms with Gasteiger partial charge in [0.1, 0.15) is 10.1 Å². The van der Waals surface area contributed by atoms with Gasteiger partial charge in [0, 0.05) is 7.05 Å². The van der Waals surface area contributed by atoms with Gasteiger partial charge in [-0.1, -0.05) is 28.1 Å². The fourth-order valence-electron chi connectivity index (χ4n) is 1.63. The SMILES string of the molecule is CN1N=C(c2ccc(F)cc2)C(C)(Br)C1=O. The summed E-state index contributed by atoms with van der Waals surface area (Å²) < 4.78 is 12.0. The van der Waals surface area contributed by atoms with Crippen LogP contribution in [0.15, 0.2) is 29.4 Å². The minimum absolute atomic E-state index is 0.133. The molecule has 1 atom stereocenters. The number of nitrogens with zero attached hydrogens (tertiary/aromatic N) is 2. The Morgan fingerprint density at radius 3 is 2.38 bits per heavy atom. The average molecular weight is 285 g/mol. The summed E-state index contributed by atoms with van der Waals surface area (Å²) in [7, 11) is 1.60. The molecule has 1 heterocycles. The van der Waals surface area contributed by atoms with Crippen LogP contribution in [-0.4, -0.2) is 28.0 Å². The van der Waals surface area contributed by atoms with E-state index in [4.69, 9.17) is 0 Å². The van der Waals surface area contributed by atoms with Crippen molar-refractivity contribution in [2.75, 3.05) is 7.05 Å². The van der Waals surface area contributed by atoms with Crippen molar-refractivity contribution in [2.45, 2.75) is 11.2 Å². The molecule has 0 aliphatic carbocycles. The Morgan fingerprint density at radius 2 is 1.94 bits per heavy atom. The van der Waals surface area contributed by atoms with Gasteiger partial charge in [0.25, 0.3) is 5.91 Å². The Morgan fingerprint density at radius 1 is 1.38 bits per heavy atom. The van der Waals surface area contributed by atoms with Crippen molar-refractivity contribution in [1.29, 1.82) is 0 Å². The lowest BCUT2D eigenvalue weighted by atomic mass is 9.98. The Labute approximate surface area is 101 Å². The third kappa shape index (κ3) is 1.65.